The summed E-state index contributed by atoms with van der Waals surface area (Å²) in [5.41, 5.74) is 3.61. The lowest BCUT2D eigenvalue weighted by Crippen LogP contribution is -2.45. The van der Waals surface area contributed by atoms with Crippen LogP contribution in [0.4, 0.5) is 5.95 Å². The maximum atomic E-state index is 13.7. The topological polar surface area (TPSA) is 107 Å². The zero-order valence-corrected chi connectivity index (χ0v) is 26.1. The van der Waals surface area contributed by atoms with E-state index in [-0.39, 0.29) is 18.4 Å². The van der Waals surface area contributed by atoms with Crippen LogP contribution in [0.5, 0.6) is 17.2 Å². The van der Waals surface area contributed by atoms with Gasteiger partial charge in [-0.3, -0.25) is 24.4 Å². The molecule has 5 rings (SSSR count). The molecule has 4 aromatic rings. The van der Waals surface area contributed by atoms with Gasteiger partial charge in [0, 0.05) is 49.6 Å². The predicted octanol–water partition coefficient (Wildman–Crippen LogP) is 4.29. The molecule has 2 amide bonds. The van der Waals surface area contributed by atoms with Crippen LogP contribution in [0.2, 0.25) is 0 Å². The van der Waals surface area contributed by atoms with Crippen LogP contribution in [-0.2, 0) is 9.53 Å². The Hall–Kier alpha value is -4.87. The van der Waals surface area contributed by atoms with Crippen molar-refractivity contribution < 1.29 is 28.5 Å². The number of methoxy groups -OCH3 is 3. The molecule has 1 fully saturated rings. The summed E-state index contributed by atoms with van der Waals surface area (Å²) in [6.07, 6.45) is 1.84. The lowest BCUT2D eigenvalue weighted by molar-refractivity contribution is -0.117. The van der Waals surface area contributed by atoms with Gasteiger partial charge in [0.05, 0.1) is 45.9 Å². The molecular weight excluding hydrogens is 574 g/mol. The number of ether oxygens (including phenoxy) is 4. The number of benzene rings is 3. The van der Waals surface area contributed by atoms with Gasteiger partial charge >= 0.3 is 0 Å². The summed E-state index contributed by atoms with van der Waals surface area (Å²) in [6.45, 7) is 5.66. The van der Waals surface area contributed by atoms with Gasteiger partial charge in [0.2, 0.25) is 11.9 Å². The smallest absolute Gasteiger partial charge is 0.254 e. The summed E-state index contributed by atoms with van der Waals surface area (Å²) < 4.78 is 23.5. The Bertz CT molecular complexity index is 1610. The summed E-state index contributed by atoms with van der Waals surface area (Å²) >= 11 is 0. The van der Waals surface area contributed by atoms with E-state index in [1.165, 1.54) is 0 Å². The lowest BCUT2D eigenvalue weighted by atomic mass is 10.1. The molecule has 11 heteroatoms. The molecule has 0 atom stereocenters. The highest BCUT2D eigenvalue weighted by Gasteiger charge is 2.23. The molecule has 45 heavy (non-hydrogen) atoms. The maximum Gasteiger partial charge on any atom is 0.254 e. The van der Waals surface area contributed by atoms with Gasteiger partial charge in [-0.2, -0.15) is 0 Å². The van der Waals surface area contributed by atoms with Crippen LogP contribution in [0, 0.1) is 6.92 Å². The molecule has 2 heterocycles. The number of imidazole rings is 1. The van der Waals surface area contributed by atoms with Crippen molar-refractivity contribution >= 4 is 17.8 Å². The third-order valence-electron chi connectivity index (χ3n) is 7.78. The summed E-state index contributed by atoms with van der Waals surface area (Å²) in [7, 11) is 4.76. The van der Waals surface area contributed by atoms with Crippen molar-refractivity contribution in [2.75, 3.05) is 72.6 Å². The summed E-state index contributed by atoms with van der Waals surface area (Å²) in [6, 6.07) is 20.4. The van der Waals surface area contributed by atoms with E-state index in [4.69, 9.17) is 23.9 Å². The first-order valence-corrected chi connectivity index (χ1v) is 14.8. The Kier molecular flexibility index (Phi) is 10.3. The number of nitrogens with one attached hydrogen (secondary N) is 1. The molecule has 11 nitrogen and oxygen atoms in total. The molecule has 1 aliphatic heterocycles. The van der Waals surface area contributed by atoms with E-state index < -0.39 is 0 Å². The number of morpholine rings is 1. The highest BCUT2D eigenvalue weighted by molar-refractivity contribution is 6.00. The molecule has 1 saturated heterocycles. The van der Waals surface area contributed by atoms with Crippen LogP contribution < -0.4 is 19.5 Å². The van der Waals surface area contributed by atoms with Crippen molar-refractivity contribution in [1.82, 2.24) is 19.4 Å². The minimum Gasteiger partial charge on any atom is -0.497 e. The SMILES string of the molecule is COc1ccc(-c2cn(-c3ccc(OC)c(OC)c3)c(NC(=O)CN(CCN3CCOCC3)C(=O)c3ccccc3C)n2)cc1. The number of anilines is 1. The zero-order chi connectivity index (χ0) is 31.8. The Morgan fingerprint density at radius 3 is 2.36 bits per heavy atom. The largest absolute Gasteiger partial charge is 0.497 e. The number of hydrogen-bond donors (Lipinski definition) is 1. The number of carbonyl (C=O) groups is 2. The van der Waals surface area contributed by atoms with Gasteiger partial charge < -0.3 is 23.8 Å². The van der Waals surface area contributed by atoms with Crippen LogP contribution in [0.1, 0.15) is 15.9 Å². The normalized spacial score (nSPS) is 13.2. The molecule has 0 unspecified atom stereocenters. The molecule has 0 saturated carbocycles. The van der Waals surface area contributed by atoms with Crippen molar-refractivity contribution in [2.45, 2.75) is 6.92 Å². The molecule has 3 aromatic carbocycles. The highest BCUT2D eigenvalue weighted by atomic mass is 16.5. The van der Waals surface area contributed by atoms with E-state index in [0.717, 1.165) is 30.0 Å². The van der Waals surface area contributed by atoms with Crippen molar-refractivity contribution in [3.05, 3.63) is 84.1 Å². The van der Waals surface area contributed by atoms with Gasteiger partial charge in [-0.15, -0.1) is 0 Å². The number of hydrogen-bond acceptors (Lipinski definition) is 8. The fourth-order valence-electron chi connectivity index (χ4n) is 5.20. The molecule has 1 N–H and O–H groups in total. The number of aryl methyl sites for hydroxylation is 1. The number of aromatic nitrogens is 2. The number of carbonyl (C=O) groups excluding carboxylic acids is 2. The maximum absolute atomic E-state index is 13.7. The van der Waals surface area contributed by atoms with Crippen molar-refractivity contribution in [1.29, 1.82) is 0 Å². The van der Waals surface area contributed by atoms with Crippen LogP contribution in [0.25, 0.3) is 16.9 Å². The standard InChI is InChI=1S/C34H39N5O6/c1-24-7-5-6-8-28(24)33(41)38(16-15-37-17-19-45-20-18-37)23-32(40)36-34-35-29(25-9-12-27(42-2)13-10-25)22-39(34)26-11-14-30(43-3)31(21-26)44-4/h5-14,21-22H,15-20,23H2,1-4H3,(H,35,36,40). The third-order valence-corrected chi connectivity index (χ3v) is 7.78. The van der Waals surface area contributed by atoms with E-state index in [9.17, 15) is 9.59 Å². The number of nitrogens with zero attached hydrogens (tertiary/aromatic N) is 4. The first kappa shape index (κ1) is 31.6. The van der Waals surface area contributed by atoms with Crippen LogP contribution in [0.15, 0.2) is 72.9 Å². The van der Waals surface area contributed by atoms with Gasteiger partial charge in [-0.1, -0.05) is 18.2 Å². The number of amides is 2. The molecular formula is C34H39N5O6. The fraction of sp³-hybridized carbons (Fsp3) is 0.324. The highest BCUT2D eigenvalue weighted by Crippen LogP contribution is 2.32. The first-order chi connectivity index (χ1) is 21.9. The van der Waals surface area contributed by atoms with E-state index in [1.54, 1.807) is 42.9 Å². The van der Waals surface area contributed by atoms with Gasteiger partial charge in [0.15, 0.2) is 11.5 Å². The van der Waals surface area contributed by atoms with Gasteiger partial charge in [0.1, 0.15) is 12.3 Å². The van der Waals surface area contributed by atoms with E-state index >= 15 is 0 Å². The Labute approximate surface area is 263 Å². The van der Waals surface area contributed by atoms with Crippen molar-refractivity contribution in [3.8, 4) is 34.2 Å². The second kappa shape index (κ2) is 14.7. The van der Waals surface area contributed by atoms with E-state index in [1.807, 2.05) is 67.7 Å². The van der Waals surface area contributed by atoms with Crippen molar-refractivity contribution in [3.63, 3.8) is 0 Å². The molecule has 0 spiro atoms. The minimum absolute atomic E-state index is 0.145. The molecule has 0 radical (unpaired) electrons. The van der Waals surface area contributed by atoms with Crippen LogP contribution in [-0.4, -0.2) is 98.4 Å². The molecule has 0 aliphatic carbocycles. The minimum atomic E-state index is -0.368. The van der Waals surface area contributed by atoms with Crippen LogP contribution in [0.3, 0.4) is 0 Å². The zero-order valence-electron chi connectivity index (χ0n) is 26.1. The van der Waals surface area contributed by atoms with Crippen molar-refractivity contribution in [2.24, 2.45) is 0 Å². The predicted molar refractivity (Wildman–Crippen MR) is 172 cm³/mol. The molecule has 1 aromatic heterocycles. The second-order valence-corrected chi connectivity index (χ2v) is 10.6. The second-order valence-electron chi connectivity index (χ2n) is 10.6. The third kappa shape index (κ3) is 7.62. The first-order valence-electron chi connectivity index (χ1n) is 14.8. The molecule has 1 aliphatic rings. The Balaban J connectivity index is 1.43. The Morgan fingerprint density at radius 2 is 1.67 bits per heavy atom. The Morgan fingerprint density at radius 1 is 0.933 bits per heavy atom. The lowest BCUT2D eigenvalue weighted by Gasteiger charge is -2.30. The summed E-state index contributed by atoms with van der Waals surface area (Å²) in [5.74, 6) is 1.57. The van der Waals surface area contributed by atoms with Crippen LogP contribution >= 0.6 is 0 Å². The quantitative estimate of drug-likeness (QED) is 0.252. The van der Waals surface area contributed by atoms with E-state index in [0.29, 0.717) is 60.7 Å². The summed E-state index contributed by atoms with van der Waals surface area (Å²) in [4.78, 5) is 36.0. The monoisotopic (exact) mass is 613 g/mol. The molecule has 236 valence electrons. The van der Waals surface area contributed by atoms with Gasteiger partial charge in [-0.25, -0.2) is 4.98 Å². The average Bonchev–Trinajstić information content (AvgIpc) is 3.50. The molecule has 0 bridgehead atoms. The van der Waals surface area contributed by atoms with Gasteiger partial charge in [-0.05, 0) is 55.0 Å². The van der Waals surface area contributed by atoms with E-state index in [2.05, 4.69) is 10.2 Å². The van der Waals surface area contributed by atoms with Gasteiger partial charge in [0.25, 0.3) is 5.91 Å². The summed E-state index contributed by atoms with van der Waals surface area (Å²) in [5, 5.41) is 2.97. The number of rotatable bonds is 12. The average molecular weight is 614 g/mol. The fourth-order valence-corrected chi connectivity index (χ4v) is 5.20.